The van der Waals surface area contributed by atoms with Crippen molar-refractivity contribution in [3.05, 3.63) is 40.1 Å². The zero-order chi connectivity index (χ0) is 20.9. The molecule has 3 heterocycles. The molecular weight excluding hydrogens is 422 g/mol. The summed E-state index contributed by atoms with van der Waals surface area (Å²) in [7, 11) is 0. The number of anilines is 2. The maximum Gasteiger partial charge on any atom is 0.232 e. The van der Waals surface area contributed by atoms with Gasteiger partial charge in [-0.15, -0.1) is 20.4 Å². The lowest BCUT2D eigenvalue weighted by Crippen LogP contribution is -2.14. The van der Waals surface area contributed by atoms with Crippen LogP contribution < -0.4 is 10.6 Å². The van der Waals surface area contributed by atoms with Crippen LogP contribution in [0.5, 0.6) is 0 Å². The summed E-state index contributed by atoms with van der Waals surface area (Å²) in [5.41, 5.74) is 0.718. The summed E-state index contributed by atoms with van der Waals surface area (Å²) in [5, 5.41) is 25.1. The van der Waals surface area contributed by atoms with Crippen LogP contribution in [-0.4, -0.2) is 37.2 Å². The van der Waals surface area contributed by atoms with Crippen molar-refractivity contribution in [1.29, 1.82) is 0 Å². The first-order chi connectivity index (χ1) is 14.5. The summed E-state index contributed by atoms with van der Waals surface area (Å²) in [6, 6.07) is 5.49. The Balaban J connectivity index is 1.27. The predicted molar refractivity (Wildman–Crippen MR) is 114 cm³/mol. The van der Waals surface area contributed by atoms with Crippen LogP contribution in [0.25, 0.3) is 0 Å². The van der Waals surface area contributed by atoms with Crippen molar-refractivity contribution < 1.29 is 9.59 Å². The highest BCUT2D eigenvalue weighted by Crippen LogP contribution is 2.41. The summed E-state index contributed by atoms with van der Waals surface area (Å²) in [4.78, 5) is 27.5. The van der Waals surface area contributed by atoms with Crippen LogP contribution in [0.2, 0.25) is 0 Å². The van der Waals surface area contributed by atoms with Gasteiger partial charge in [0.25, 0.3) is 0 Å². The van der Waals surface area contributed by atoms with E-state index in [4.69, 9.17) is 0 Å². The van der Waals surface area contributed by atoms with Crippen molar-refractivity contribution in [2.75, 3.05) is 10.6 Å². The van der Waals surface area contributed by atoms with Gasteiger partial charge in [-0.2, -0.15) is 0 Å². The molecular formula is C19H21N7O2S2. The van der Waals surface area contributed by atoms with E-state index in [1.165, 1.54) is 29.6 Å². The van der Waals surface area contributed by atoms with Crippen LogP contribution in [0.4, 0.5) is 10.3 Å². The first-order valence-electron chi connectivity index (χ1n) is 9.68. The van der Waals surface area contributed by atoms with Crippen molar-refractivity contribution in [3.63, 3.8) is 0 Å². The number of amides is 2. The molecule has 2 N–H and O–H groups in total. The van der Waals surface area contributed by atoms with E-state index in [9.17, 15) is 9.59 Å². The Bertz CT molecular complexity index is 1020. The molecule has 3 aromatic rings. The first-order valence-corrected chi connectivity index (χ1v) is 11.3. The van der Waals surface area contributed by atoms with Crippen LogP contribution in [0.3, 0.4) is 0 Å². The van der Waals surface area contributed by atoms with Gasteiger partial charge in [0.1, 0.15) is 10.0 Å². The van der Waals surface area contributed by atoms with Gasteiger partial charge in [0.15, 0.2) is 0 Å². The monoisotopic (exact) mass is 443 g/mol. The number of nitrogens with one attached hydrogen (secondary N) is 2. The normalized spacial score (nSPS) is 18.3. The lowest BCUT2D eigenvalue weighted by atomic mass is 10.0. The number of aromatic nitrogens is 5. The Labute approximate surface area is 181 Å². The fourth-order valence-electron chi connectivity index (χ4n) is 3.55. The van der Waals surface area contributed by atoms with Crippen LogP contribution >= 0.6 is 22.7 Å². The molecule has 156 valence electrons. The fraction of sp³-hybridized carbons (Fsp3) is 0.421. The maximum absolute atomic E-state index is 12.2. The molecule has 9 nitrogen and oxygen atoms in total. The van der Waals surface area contributed by atoms with E-state index >= 15 is 0 Å². The Morgan fingerprint density at radius 2 is 1.90 bits per heavy atom. The van der Waals surface area contributed by atoms with E-state index in [0.29, 0.717) is 22.1 Å². The molecule has 11 heteroatoms. The predicted octanol–water partition coefficient (Wildman–Crippen LogP) is 3.05. The van der Waals surface area contributed by atoms with Gasteiger partial charge in [-0.05, 0) is 37.3 Å². The van der Waals surface area contributed by atoms with Crippen LogP contribution in [0.15, 0.2) is 24.4 Å². The molecule has 1 aliphatic carbocycles. The van der Waals surface area contributed by atoms with Crippen LogP contribution in [0, 0.1) is 5.92 Å². The van der Waals surface area contributed by atoms with E-state index in [-0.39, 0.29) is 18.2 Å². The molecule has 1 aliphatic rings. The van der Waals surface area contributed by atoms with Gasteiger partial charge in [-0.25, -0.2) is 0 Å². The third-order valence-electron chi connectivity index (χ3n) is 4.86. The average Bonchev–Trinajstić information content (AvgIpc) is 3.44. The fourth-order valence-corrected chi connectivity index (χ4v) is 5.36. The second-order valence-electron chi connectivity index (χ2n) is 7.25. The Morgan fingerprint density at radius 3 is 2.70 bits per heavy atom. The molecule has 0 aliphatic heterocycles. The molecule has 4 rings (SSSR count). The van der Waals surface area contributed by atoms with Crippen molar-refractivity contribution in [1.82, 2.24) is 25.4 Å². The summed E-state index contributed by atoms with van der Waals surface area (Å²) in [5.74, 6) is 0.568. The summed E-state index contributed by atoms with van der Waals surface area (Å²) >= 11 is 2.87. The zero-order valence-corrected chi connectivity index (χ0v) is 18.0. The lowest BCUT2D eigenvalue weighted by molar-refractivity contribution is -0.116. The van der Waals surface area contributed by atoms with Gasteiger partial charge in [0, 0.05) is 31.2 Å². The highest BCUT2D eigenvalue weighted by molar-refractivity contribution is 7.15. The van der Waals surface area contributed by atoms with E-state index in [1.54, 1.807) is 6.20 Å². The summed E-state index contributed by atoms with van der Waals surface area (Å²) < 4.78 is 0. The van der Waals surface area contributed by atoms with E-state index < -0.39 is 0 Å². The molecule has 0 saturated heterocycles. The Hall–Kier alpha value is -2.79. The van der Waals surface area contributed by atoms with Crippen molar-refractivity contribution in [3.8, 4) is 0 Å². The molecule has 0 aromatic carbocycles. The molecule has 1 saturated carbocycles. The highest BCUT2D eigenvalue weighted by Gasteiger charge is 2.29. The minimum Gasteiger partial charge on any atom is -0.301 e. The molecule has 30 heavy (non-hydrogen) atoms. The van der Waals surface area contributed by atoms with Crippen molar-refractivity contribution in [2.24, 2.45) is 5.92 Å². The van der Waals surface area contributed by atoms with E-state index in [1.807, 2.05) is 18.2 Å². The van der Waals surface area contributed by atoms with Gasteiger partial charge in [0.2, 0.25) is 22.1 Å². The van der Waals surface area contributed by atoms with Crippen LogP contribution in [-0.2, 0) is 22.4 Å². The zero-order valence-electron chi connectivity index (χ0n) is 16.4. The topological polar surface area (TPSA) is 123 Å². The smallest absolute Gasteiger partial charge is 0.232 e. The first kappa shape index (κ1) is 20.5. The molecule has 0 radical (unpaired) electrons. The largest absolute Gasteiger partial charge is 0.301 e. The molecule has 0 unspecified atom stereocenters. The van der Waals surface area contributed by atoms with Crippen LogP contribution in [0.1, 0.15) is 47.8 Å². The number of carbonyl (C=O) groups is 2. The van der Waals surface area contributed by atoms with Crippen molar-refractivity contribution in [2.45, 2.75) is 44.9 Å². The highest BCUT2D eigenvalue weighted by atomic mass is 32.1. The molecule has 3 aromatic heterocycles. The quantitative estimate of drug-likeness (QED) is 0.575. The third-order valence-corrected chi connectivity index (χ3v) is 6.72. The Kier molecular flexibility index (Phi) is 6.38. The lowest BCUT2D eigenvalue weighted by Gasteiger charge is -2.06. The van der Waals surface area contributed by atoms with Gasteiger partial charge in [0.05, 0.1) is 6.42 Å². The average molecular weight is 444 g/mol. The standard InChI is InChI=1S/C19H21N7O2S2/c1-11(27)21-18-26-24-17(30-18)13-6-5-12(8-13)9-16-23-25-19(29-16)22-15(28)10-14-4-2-3-7-20-14/h2-4,7,12-13H,5-6,8-10H2,1H3,(H,21,26,27)(H,22,25,28)/t12-,13+/m0/s1. The van der Waals surface area contributed by atoms with Gasteiger partial charge in [-0.3, -0.25) is 14.6 Å². The van der Waals surface area contributed by atoms with Crippen molar-refractivity contribution >= 4 is 44.8 Å². The van der Waals surface area contributed by atoms with Gasteiger partial charge < -0.3 is 10.6 Å². The van der Waals surface area contributed by atoms with E-state index in [2.05, 4.69) is 36.0 Å². The number of nitrogens with zero attached hydrogens (tertiary/aromatic N) is 5. The number of hydrogen-bond acceptors (Lipinski definition) is 9. The summed E-state index contributed by atoms with van der Waals surface area (Å²) in [6.45, 7) is 1.46. The second-order valence-corrected chi connectivity index (χ2v) is 9.32. The molecule has 0 bridgehead atoms. The SMILES string of the molecule is CC(=O)Nc1nnc([C@@H]2CC[C@H](Cc3nnc(NC(=O)Cc4ccccn4)s3)C2)s1. The second kappa shape index (κ2) is 9.35. The minimum absolute atomic E-state index is 0.138. The van der Waals surface area contributed by atoms with Gasteiger partial charge >= 0.3 is 0 Å². The van der Waals surface area contributed by atoms with E-state index in [0.717, 1.165) is 41.4 Å². The molecule has 1 fully saturated rings. The number of pyridine rings is 1. The third kappa shape index (κ3) is 5.42. The number of rotatable bonds is 7. The molecule has 2 amide bonds. The molecule has 2 atom stereocenters. The maximum atomic E-state index is 12.2. The number of hydrogen-bond donors (Lipinski definition) is 2. The molecule has 0 spiro atoms. The van der Waals surface area contributed by atoms with Gasteiger partial charge in [-0.1, -0.05) is 28.7 Å². The number of carbonyl (C=O) groups excluding carboxylic acids is 2. The Morgan fingerprint density at radius 1 is 1.07 bits per heavy atom. The summed E-state index contributed by atoms with van der Waals surface area (Å²) in [6.07, 6.45) is 5.86. The minimum atomic E-state index is -0.149.